The molecule has 5 rings (SSSR count). The third-order valence-electron chi connectivity index (χ3n) is 7.87. The van der Waals surface area contributed by atoms with Gasteiger partial charge in [0.25, 0.3) is 0 Å². The van der Waals surface area contributed by atoms with Crippen LogP contribution in [0.4, 0.5) is 21.6 Å². The smallest absolute Gasteiger partial charge is 0.224 e. The Morgan fingerprint density at radius 1 is 0.923 bits per heavy atom. The van der Waals surface area contributed by atoms with E-state index in [-0.39, 0.29) is 30.5 Å². The summed E-state index contributed by atoms with van der Waals surface area (Å²) in [4.78, 5) is 36.7. The average molecular weight is 532 g/mol. The number of aryl methyl sites for hydroxylation is 1. The molecule has 0 aliphatic carbocycles. The normalized spacial score (nSPS) is 19.8. The molecule has 2 amide bonds. The van der Waals surface area contributed by atoms with E-state index in [0.717, 1.165) is 41.1 Å². The van der Waals surface area contributed by atoms with Crippen LogP contribution in [0, 0.1) is 24.6 Å². The lowest BCUT2D eigenvalue weighted by molar-refractivity contribution is -0.133. The molecule has 2 saturated heterocycles. The van der Waals surface area contributed by atoms with Crippen LogP contribution in [0.1, 0.15) is 38.7 Å². The highest BCUT2D eigenvalue weighted by Gasteiger charge is 2.24. The predicted octanol–water partition coefficient (Wildman–Crippen LogP) is 5.23. The van der Waals surface area contributed by atoms with E-state index in [4.69, 9.17) is 4.98 Å². The number of carbonyl (C=O) groups excluding carboxylic acids is 2. The highest BCUT2D eigenvalue weighted by molar-refractivity contribution is 5.96. The van der Waals surface area contributed by atoms with E-state index in [1.54, 1.807) is 17.0 Å². The van der Waals surface area contributed by atoms with Crippen molar-refractivity contribution in [3.63, 3.8) is 0 Å². The van der Waals surface area contributed by atoms with E-state index in [0.29, 0.717) is 43.7 Å². The molecule has 3 aromatic rings. The second-order valence-electron chi connectivity index (χ2n) is 11.3. The van der Waals surface area contributed by atoms with Crippen molar-refractivity contribution in [2.24, 2.45) is 11.8 Å². The molecular formula is C31H38FN5O2. The fourth-order valence-electron chi connectivity index (χ4n) is 5.93. The molecular weight excluding hydrogens is 493 g/mol. The van der Waals surface area contributed by atoms with Crippen LogP contribution in [0.15, 0.2) is 48.5 Å². The van der Waals surface area contributed by atoms with Gasteiger partial charge in [0.15, 0.2) is 0 Å². The summed E-state index contributed by atoms with van der Waals surface area (Å²) in [7, 11) is 0. The number of carbonyl (C=O) groups is 2. The van der Waals surface area contributed by atoms with Crippen molar-refractivity contribution in [2.45, 2.75) is 40.0 Å². The lowest BCUT2D eigenvalue weighted by Gasteiger charge is -2.36. The molecule has 2 fully saturated rings. The van der Waals surface area contributed by atoms with Gasteiger partial charge in [0.2, 0.25) is 11.8 Å². The number of nitrogens with one attached hydrogen (secondary N) is 1. The van der Waals surface area contributed by atoms with Gasteiger partial charge in [-0.1, -0.05) is 13.8 Å². The number of piperidine rings is 1. The molecule has 0 unspecified atom stereocenters. The minimum absolute atomic E-state index is 0.0173. The van der Waals surface area contributed by atoms with Crippen molar-refractivity contribution in [3.05, 3.63) is 59.9 Å². The molecule has 2 atom stereocenters. The van der Waals surface area contributed by atoms with Crippen molar-refractivity contribution in [3.8, 4) is 0 Å². The third kappa shape index (κ3) is 6.49. The lowest BCUT2D eigenvalue weighted by Crippen LogP contribution is -2.48. The quantitative estimate of drug-likeness (QED) is 0.472. The fourth-order valence-corrected chi connectivity index (χ4v) is 5.93. The number of benzene rings is 2. The molecule has 2 aliphatic heterocycles. The van der Waals surface area contributed by atoms with Crippen LogP contribution < -0.4 is 15.1 Å². The average Bonchev–Trinajstić information content (AvgIpc) is 2.92. The summed E-state index contributed by atoms with van der Waals surface area (Å²) in [6.07, 6.45) is 1.56. The number of rotatable bonds is 6. The molecule has 39 heavy (non-hydrogen) atoms. The molecule has 2 aliphatic rings. The first-order chi connectivity index (χ1) is 18.7. The standard InChI is InChI=1S/C31H38FN5O2/c1-21-16-22(2)20-37(19-21)29-17-23(3)27-18-25(6-9-28(27)34-29)33-30(38)10-11-31(39)36-14-12-35(13-15-36)26-7-4-24(32)5-8-26/h4-9,17-18,21-22H,10-16,19-20H2,1-3H3,(H,33,38)/t21-,22-/m1/s1. The first kappa shape index (κ1) is 26.9. The Hall–Kier alpha value is -3.68. The summed E-state index contributed by atoms with van der Waals surface area (Å²) < 4.78 is 13.2. The van der Waals surface area contributed by atoms with E-state index < -0.39 is 0 Å². The number of nitrogens with zero attached hydrogens (tertiary/aromatic N) is 4. The molecule has 2 aromatic carbocycles. The molecule has 0 radical (unpaired) electrons. The fraction of sp³-hybridized carbons (Fsp3) is 0.452. The highest BCUT2D eigenvalue weighted by atomic mass is 19.1. The molecule has 206 valence electrons. The van der Waals surface area contributed by atoms with E-state index in [1.165, 1.54) is 18.6 Å². The Morgan fingerprint density at radius 3 is 2.31 bits per heavy atom. The van der Waals surface area contributed by atoms with Crippen LogP contribution in [0.3, 0.4) is 0 Å². The Balaban J connectivity index is 1.13. The van der Waals surface area contributed by atoms with Gasteiger partial charge in [-0.3, -0.25) is 9.59 Å². The van der Waals surface area contributed by atoms with Gasteiger partial charge in [-0.2, -0.15) is 0 Å². The number of amides is 2. The van der Waals surface area contributed by atoms with Crippen LogP contribution in [0.5, 0.6) is 0 Å². The Kier molecular flexibility index (Phi) is 8.00. The largest absolute Gasteiger partial charge is 0.368 e. The molecule has 8 heteroatoms. The molecule has 7 nitrogen and oxygen atoms in total. The van der Waals surface area contributed by atoms with Crippen LogP contribution in [0.25, 0.3) is 10.9 Å². The number of piperazine rings is 1. The minimum atomic E-state index is -0.257. The van der Waals surface area contributed by atoms with Crippen molar-refractivity contribution in [2.75, 3.05) is 54.4 Å². The van der Waals surface area contributed by atoms with Crippen molar-refractivity contribution in [1.29, 1.82) is 0 Å². The maximum atomic E-state index is 13.2. The maximum Gasteiger partial charge on any atom is 0.224 e. The summed E-state index contributed by atoms with van der Waals surface area (Å²) in [6.45, 7) is 11.3. The summed E-state index contributed by atoms with van der Waals surface area (Å²) in [5, 5.41) is 3.97. The zero-order chi connectivity index (χ0) is 27.5. The van der Waals surface area contributed by atoms with Gasteiger partial charge >= 0.3 is 0 Å². The minimum Gasteiger partial charge on any atom is -0.368 e. The molecule has 1 aromatic heterocycles. The second-order valence-corrected chi connectivity index (χ2v) is 11.3. The lowest BCUT2D eigenvalue weighted by atomic mass is 9.92. The van der Waals surface area contributed by atoms with Gasteiger partial charge in [0.1, 0.15) is 11.6 Å². The van der Waals surface area contributed by atoms with Gasteiger partial charge < -0.3 is 20.0 Å². The van der Waals surface area contributed by atoms with E-state index >= 15 is 0 Å². The number of anilines is 3. The molecule has 0 bridgehead atoms. The van der Waals surface area contributed by atoms with Crippen molar-refractivity contribution in [1.82, 2.24) is 9.88 Å². The third-order valence-corrected chi connectivity index (χ3v) is 7.87. The maximum absolute atomic E-state index is 13.2. The van der Waals surface area contributed by atoms with E-state index in [9.17, 15) is 14.0 Å². The summed E-state index contributed by atoms with van der Waals surface area (Å²) in [5.41, 5.74) is 3.72. The monoisotopic (exact) mass is 531 g/mol. The topological polar surface area (TPSA) is 68.8 Å². The van der Waals surface area contributed by atoms with E-state index in [1.807, 2.05) is 18.2 Å². The number of pyridine rings is 1. The molecule has 0 saturated carbocycles. The Bertz CT molecular complexity index is 1330. The van der Waals surface area contributed by atoms with Crippen molar-refractivity contribution >= 4 is 39.9 Å². The Morgan fingerprint density at radius 2 is 1.62 bits per heavy atom. The van der Waals surface area contributed by atoms with Gasteiger partial charge in [0.05, 0.1) is 5.52 Å². The van der Waals surface area contributed by atoms with Crippen LogP contribution in [0.2, 0.25) is 0 Å². The number of fused-ring (bicyclic) bond motifs is 1. The van der Waals surface area contributed by atoms with Crippen LogP contribution >= 0.6 is 0 Å². The first-order valence-electron chi connectivity index (χ1n) is 14.0. The zero-order valence-electron chi connectivity index (χ0n) is 23.1. The van der Waals surface area contributed by atoms with Crippen LogP contribution in [-0.2, 0) is 9.59 Å². The molecule has 0 spiro atoms. The number of hydrogen-bond acceptors (Lipinski definition) is 5. The van der Waals surface area contributed by atoms with Gasteiger partial charge in [-0.05, 0) is 79.3 Å². The van der Waals surface area contributed by atoms with Gasteiger partial charge in [-0.25, -0.2) is 9.37 Å². The molecule has 3 heterocycles. The SMILES string of the molecule is Cc1cc(N2C[C@H](C)C[C@@H](C)C2)nc2ccc(NC(=O)CCC(=O)N3CCN(c4ccc(F)cc4)CC3)cc12. The van der Waals surface area contributed by atoms with Crippen molar-refractivity contribution < 1.29 is 14.0 Å². The predicted molar refractivity (Wildman–Crippen MR) is 155 cm³/mol. The molecule has 1 N–H and O–H groups in total. The number of hydrogen-bond donors (Lipinski definition) is 1. The summed E-state index contributed by atoms with van der Waals surface area (Å²) in [5.74, 6) is 1.88. The van der Waals surface area contributed by atoms with Crippen LogP contribution in [-0.4, -0.2) is 61.0 Å². The summed E-state index contributed by atoms with van der Waals surface area (Å²) >= 11 is 0. The second kappa shape index (κ2) is 11.6. The first-order valence-corrected chi connectivity index (χ1v) is 14.0. The number of aromatic nitrogens is 1. The van der Waals surface area contributed by atoms with E-state index in [2.05, 4.69) is 42.0 Å². The van der Waals surface area contributed by atoms with Gasteiger partial charge in [0, 0.05) is 68.9 Å². The number of halogens is 1. The highest BCUT2D eigenvalue weighted by Crippen LogP contribution is 2.29. The Labute approximate surface area is 230 Å². The zero-order valence-corrected chi connectivity index (χ0v) is 23.1. The van der Waals surface area contributed by atoms with Gasteiger partial charge in [-0.15, -0.1) is 0 Å². The summed E-state index contributed by atoms with van der Waals surface area (Å²) in [6, 6.07) is 14.4.